The number of rotatable bonds is 6. The number of hydrogen-bond donors (Lipinski definition) is 2. The van der Waals surface area contributed by atoms with Crippen molar-refractivity contribution in [2.24, 2.45) is 11.1 Å². The first kappa shape index (κ1) is 16.4. The van der Waals surface area contributed by atoms with Crippen LogP contribution in [0.2, 0.25) is 0 Å². The highest BCUT2D eigenvalue weighted by molar-refractivity contribution is 7.90. The SMILES string of the molecule is CS(=O)(=O)CCCNC(=O)C1(C(N)=S)CCCCC1. The van der Waals surface area contributed by atoms with Crippen molar-refractivity contribution >= 4 is 33.0 Å². The van der Waals surface area contributed by atoms with Crippen LogP contribution in [-0.4, -0.2) is 37.9 Å². The van der Waals surface area contributed by atoms with Crippen molar-refractivity contribution in [1.29, 1.82) is 0 Å². The molecule has 0 radical (unpaired) electrons. The summed E-state index contributed by atoms with van der Waals surface area (Å²) >= 11 is 5.06. The normalized spacial score (nSPS) is 18.8. The summed E-state index contributed by atoms with van der Waals surface area (Å²) in [6.45, 7) is 0.344. The molecule has 7 heteroatoms. The molecule has 1 amide bonds. The zero-order valence-corrected chi connectivity index (χ0v) is 12.9. The number of carbonyl (C=O) groups excluding carboxylic acids is 1. The van der Waals surface area contributed by atoms with Crippen LogP contribution in [-0.2, 0) is 14.6 Å². The van der Waals surface area contributed by atoms with Gasteiger partial charge in [0, 0.05) is 12.8 Å². The molecule has 19 heavy (non-hydrogen) atoms. The molecular weight excluding hydrogens is 284 g/mol. The van der Waals surface area contributed by atoms with Crippen LogP contribution >= 0.6 is 12.2 Å². The molecule has 0 saturated heterocycles. The Morgan fingerprint density at radius 2 is 1.89 bits per heavy atom. The molecule has 1 saturated carbocycles. The largest absolute Gasteiger partial charge is 0.392 e. The summed E-state index contributed by atoms with van der Waals surface area (Å²) in [6.07, 6.45) is 6.00. The minimum atomic E-state index is -2.98. The van der Waals surface area contributed by atoms with Crippen molar-refractivity contribution in [3.05, 3.63) is 0 Å². The number of carbonyl (C=O) groups is 1. The number of nitrogens with one attached hydrogen (secondary N) is 1. The highest BCUT2D eigenvalue weighted by atomic mass is 32.2. The second-order valence-electron chi connectivity index (χ2n) is 5.25. The Kier molecular flexibility index (Phi) is 5.73. The van der Waals surface area contributed by atoms with Crippen molar-refractivity contribution in [1.82, 2.24) is 5.32 Å². The fraction of sp³-hybridized carbons (Fsp3) is 0.833. The Bertz CT molecular complexity index is 440. The summed E-state index contributed by atoms with van der Waals surface area (Å²) in [5.74, 6) is -0.0684. The summed E-state index contributed by atoms with van der Waals surface area (Å²) in [4.78, 5) is 12.5. The van der Waals surface area contributed by atoms with Crippen LogP contribution in [0.3, 0.4) is 0 Å². The van der Waals surface area contributed by atoms with E-state index in [9.17, 15) is 13.2 Å². The Morgan fingerprint density at radius 3 is 2.37 bits per heavy atom. The molecule has 1 fully saturated rings. The smallest absolute Gasteiger partial charge is 0.233 e. The highest BCUT2D eigenvalue weighted by Crippen LogP contribution is 2.36. The first-order valence-corrected chi connectivity index (χ1v) is 9.01. The molecule has 0 unspecified atom stereocenters. The van der Waals surface area contributed by atoms with Crippen molar-refractivity contribution in [3.8, 4) is 0 Å². The monoisotopic (exact) mass is 306 g/mol. The second-order valence-corrected chi connectivity index (χ2v) is 7.95. The van der Waals surface area contributed by atoms with Crippen LogP contribution < -0.4 is 11.1 Å². The van der Waals surface area contributed by atoms with E-state index in [2.05, 4.69) is 5.32 Å². The van der Waals surface area contributed by atoms with E-state index in [1.54, 1.807) is 0 Å². The predicted molar refractivity (Wildman–Crippen MR) is 79.6 cm³/mol. The second kappa shape index (κ2) is 6.65. The third-order valence-corrected chi connectivity index (χ3v) is 5.01. The topological polar surface area (TPSA) is 89.3 Å². The van der Waals surface area contributed by atoms with Gasteiger partial charge in [0.1, 0.15) is 9.84 Å². The van der Waals surface area contributed by atoms with Gasteiger partial charge in [0.15, 0.2) is 0 Å². The number of nitrogens with two attached hydrogens (primary N) is 1. The molecule has 1 aliphatic carbocycles. The first-order valence-electron chi connectivity index (χ1n) is 6.54. The van der Waals surface area contributed by atoms with Gasteiger partial charge in [-0.15, -0.1) is 0 Å². The fourth-order valence-electron chi connectivity index (χ4n) is 2.45. The van der Waals surface area contributed by atoms with Crippen molar-refractivity contribution < 1.29 is 13.2 Å². The molecule has 0 atom stereocenters. The predicted octanol–water partition coefficient (Wildman–Crippen LogP) is 0.774. The molecule has 3 N–H and O–H groups in total. The first-order chi connectivity index (χ1) is 8.78. The van der Waals surface area contributed by atoms with Gasteiger partial charge in [0.25, 0.3) is 0 Å². The van der Waals surface area contributed by atoms with Gasteiger partial charge in [-0.1, -0.05) is 31.5 Å². The van der Waals surface area contributed by atoms with Crippen LogP contribution in [0.25, 0.3) is 0 Å². The van der Waals surface area contributed by atoms with Gasteiger partial charge in [-0.05, 0) is 19.3 Å². The highest BCUT2D eigenvalue weighted by Gasteiger charge is 2.42. The van der Waals surface area contributed by atoms with Crippen molar-refractivity contribution in [3.63, 3.8) is 0 Å². The standard InChI is InChI=1S/C12H22N2O3S2/c1-19(16,17)9-5-8-14-11(15)12(10(13)18)6-3-2-4-7-12/h2-9H2,1H3,(H2,13,18)(H,14,15). The molecule has 5 nitrogen and oxygen atoms in total. The number of thiocarbonyl (C=S) groups is 1. The summed E-state index contributed by atoms with van der Waals surface area (Å²) in [5, 5.41) is 2.78. The summed E-state index contributed by atoms with van der Waals surface area (Å²) in [5.41, 5.74) is 5.03. The maximum atomic E-state index is 12.3. The third-order valence-electron chi connectivity index (χ3n) is 3.59. The molecule has 0 bridgehead atoms. The van der Waals surface area contributed by atoms with Gasteiger partial charge in [-0.2, -0.15) is 0 Å². The van der Waals surface area contributed by atoms with Gasteiger partial charge < -0.3 is 11.1 Å². The van der Waals surface area contributed by atoms with Crippen molar-refractivity contribution in [2.45, 2.75) is 38.5 Å². The van der Waals surface area contributed by atoms with Gasteiger partial charge in [-0.3, -0.25) is 4.79 Å². The van der Waals surface area contributed by atoms with E-state index in [1.807, 2.05) is 0 Å². The minimum absolute atomic E-state index is 0.0767. The van der Waals surface area contributed by atoms with Gasteiger partial charge in [0.05, 0.1) is 16.2 Å². The maximum Gasteiger partial charge on any atom is 0.233 e. The van der Waals surface area contributed by atoms with Gasteiger partial charge in [-0.25, -0.2) is 8.42 Å². The number of hydrogen-bond acceptors (Lipinski definition) is 4. The quantitative estimate of drug-likeness (QED) is 0.559. The molecule has 110 valence electrons. The molecule has 0 spiro atoms. The lowest BCUT2D eigenvalue weighted by atomic mass is 9.73. The van der Waals surface area contributed by atoms with Crippen LogP contribution in [0, 0.1) is 5.41 Å². The lowest BCUT2D eigenvalue weighted by Crippen LogP contribution is -2.50. The average molecular weight is 306 g/mol. The summed E-state index contributed by atoms with van der Waals surface area (Å²) in [6, 6.07) is 0. The van der Waals surface area contributed by atoms with Crippen LogP contribution in [0.5, 0.6) is 0 Å². The van der Waals surface area contributed by atoms with Crippen LogP contribution in [0.4, 0.5) is 0 Å². The number of amides is 1. The maximum absolute atomic E-state index is 12.3. The Balaban J connectivity index is 2.52. The van der Waals surface area contributed by atoms with Crippen LogP contribution in [0.1, 0.15) is 38.5 Å². The summed E-state index contributed by atoms with van der Waals surface area (Å²) in [7, 11) is -2.98. The van der Waals surface area contributed by atoms with E-state index >= 15 is 0 Å². The fourth-order valence-corrected chi connectivity index (χ4v) is 3.41. The lowest BCUT2D eigenvalue weighted by molar-refractivity contribution is -0.128. The minimum Gasteiger partial charge on any atom is -0.392 e. The van der Waals surface area contributed by atoms with E-state index in [0.717, 1.165) is 19.3 Å². The van der Waals surface area contributed by atoms with E-state index in [4.69, 9.17) is 18.0 Å². The van der Waals surface area contributed by atoms with Crippen molar-refractivity contribution in [2.75, 3.05) is 18.6 Å². The zero-order valence-electron chi connectivity index (χ0n) is 11.3. The van der Waals surface area contributed by atoms with Gasteiger partial charge in [0.2, 0.25) is 5.91 Å². The Morgan fingerprint density at radius 1 is 1.32 bits per heavy atom. The zero-order chi connectivity index (χ0) is 14.5. The van der Waals surface area contributed by atoms with E-state index in [1.165, 1.54) is 6.26 Å². The van der Waals surface area contributed by atoms with Gasteiger partial charge >= 0.3 is 0 Å². The summed E-state index contributed by atoms with van der Waals surface area (Å²) < 4.78 is 22.0. The lowest BCUT2D eigenvalue weighted by Gasteiger charge is -2.34. The molecule has 1 rings (SSSR count). The number of sulfone groups is 1. The van der Waals surface area contributed by atoms with E-state index in [-0.39, 0.29) is 16.6 Å². The molecule has 0 aromatic carbocycles. The van der Waals surface area contributed by atoms with E-state index < -0.39 is 15.3 Å². The molecule has 0 aromatic heterocycles. The molecule has 0 aliphatic heterocycles. The molecule has 1 aliphatic rings. The molecule has 0 heterocycles. The van der Waals surface area contributed by atoms with E-state index in [0.29, 0.717) is 25.8 Å². The Labute approximate surface area is 120 Å². The Hall–Kier alpha value is -0.690. The van der Waals surface area contributed by atoms with Crippen LogP contribution in [0.15, 0.2) is 0 Å². The average Bonchev–Trinajstić information content (AvgIpc) is 2.33. The molecule has 0 aromatic rings. The molecular formula is C12H22N2O3S2. The third kappa shape index (κ3) is 4.72.